The van der Waals surface area contributed by atoms with Crippen LogP contribution in [0.5, 0.6) is 17.2 Å². The van der Waals surface area contributed by atoms with Crippen LogP contribution in [0, 0.1) is 0 Å². The van der Waals surface area contributed by atoms with Gasteiger partial charge in [-0.2, -0.15) is 0 Å². The van der Waals surface area contributed by atoms with Crippen LogP contribution in [0.15, 0.2) is 66.1 Å². The maximum atomic E-state index is 12.4. The number of carbonyl (C=O) groups excluding carboxylic acids is 1. The van der Waals surface area contributed by atoms with Crippen LogP contribution < -0.4 is 14.2 Å². The number of hydrogen-bond acceptors (Lipinski definition) is 6. The van der Waals surface area contributed by atoms with E-state index in [0.29, 0.717) is 29.0 Å². The summed E-state index contributed by atoms with van der Waals surface area (Å²) in [6.45, 7) is 4.93. The van der Waals surface area contributed by atoms with E-state index in [1.165, 1.54) is 11.8 Å². The Labute approximate surface area is 179 Å². The number of thiocarbonyl (C=S) groups is 1. The minimum Gasteiger partial charge on any atom is -0.497 e. The van der Waals surface area contributed by atoms with Crippen molar-refractivity contribution in [1.82, 2.24) is 4.90 Å². The van der Waals surface area contributed by atoms with E-state index in [4.69, 9.17) is 26.4 Å². The summed E-state index contributed by atoms with van der Waals surface area (Å²) >= 11 is 6.55. The molecular weight excluding hydrogens is 406 g/mol. The Morgan fingerprint density at radius 3 is 2.10 bits per heavy atom. The molecule has 0 saturated carbocycles. The van der Waals surface area contributed by atoms with E-state index in [1.54, 1.807) is 18.1 Å². The lowest BCUT2D eigenvalue weighted by atomic mass is 10.2. The summed E-state index contributed by atoms with van der Waals surface area (Å²) in [6.07, 6.45) is 3.50. The van der Waals surface area contributed by atoms with Gasteiger partial charge in [-0.05, 0) is 48.0 Å². The van der Waals surface area contributed by atoms with Crippen molar-refractivity contribution in [3.05, 3.63) is 71.7 Å². The van der Waals surface area contributed by atoms with Crippen molar-refractivity contribution in [3.8, 4) is 17.2 Å². The first kappa shape index (κ1) is 21.0. The van der Waals surface area contributed by atoms with Gasteiger partial charge in [-0.15, -0.1) is 6.58 Å². The average molecular weight is 428 g/mol. The zero-order valence-corrected chi connectivity index (χ0v) is 17.6. The highest BCUT2D eigenvalue weighted by Gasteiger charge is 2.30. The summed E-state index contributed by atoms with van der Waals surface area (Å²) in [4.78, 5) is 14.5. The molecule has 2 aromatic carbocycles. The number of benzene rings is 2. The third kappa shape index (κ3) is 5.62. The van der Waals surface area contributed by atoms with Gasteiger partial charge in [0.1, 0.15) is 34.8 Å². The third-order valence-electron chi connectivity index (χ3n) is 4.04. The quantitative estimate of drug-likeness (QED) is 0.253. The van der Waals surface area contributed by atoms with E-state index >= 15 is 0 Å². The third-order valence-corrected chi connectivity index (χ3v) is 5.42. The van der Waals surface area contributed by atoms with Gasteiger partial charge in [0.25, 0.3) is 5.91 Å². The first-order chi connectivity index (χ1) is 14.1. The Bertz CT molecular complexity index is 907. The van der Waals surface area contributed by atoms with Crippen molar-refractivity contribution < 1.29 is 19.0 Å². The molecule has 0 unspecified atom stereocenters. The topological polar surface area (TPSA) is 48.0 Å². The number of ether oxygens (including phenoxy) is 3. The minimum absolute atomic E-state index is 0.0871. The minimum atomic E-state index is -0.0871. The van der Waals surface area contributed by atoms with Crippen molar-refractivity contribution in [1.29, 1.82) is 0 Å². The Kier molecular flexibility index (Phi) is 7.32. The lowest BCUT2D eigenvalue weighted by Gasteiger charge is -2.10. The van der Waals surface area contributed by atoms with Crippen molar-refractivity contribution in [2.75, 3.05) is 26.9 Å². The van der Waals surface area contributed by atoms with E-state index in [0.717, 1.165) is 22.8 Å². The number of methoxy groups -OCH3 is 1. The fraction of sp³-hybridized carbons (Fsp3) is 0.182. The SMILES string of the molecule is C=CCN1C(=O)/C(=C\c2ccc(OCCOc3ccc(OC)cc3)cc2)SC1=S. The lowest BCUT2D eigenvalue weighted by molar-refractivity contribution is -0.121. The highest BCUT2D eigenvalue weighted by atomic mass is 32.2. The standard InChI is InChI=1S/C22H21NO4S2/c1-3-12-23-21(24)20(29-22(23)28)15-16-4-6-18(7-5-16)26-13-14-27-19-10-8-17(25-2)9-11-19/h3-11,15H,1,12-14H2,2H3/b20-15+. The average Bonchev–Trinajstić information content (AvgIpc) is 3.00. The molecule has 1 aliphatic heterocycles. The fourth-order valence-corrected chi connectivity index (χ4v) is 3.86. The molecule has 0 spiro atoms. The largest absolute Gasteiger partial charge is 0.497 e. The molecule has 7 heteroatoms. The number of hydrogen-bond donors (Lipinski definition) is 0. The Balaban J connectivity index is 1.49. The maximum absolute atomic E-state index is 12.4. The molecule has 150 valence electrons. The molecular formula is C22H21NO4S2. The molecule has 0 bridgehead atoms. The second kappa shape index (κ2) is 10.1. The number of amides is 1. The predicted octanol–water partition coefficient (Wildman–Crippen LogP) is 4.54. The molecule has 3 rings (SSSR count). The van der Waals surface area contributed by atoms with E-state index in [-0.39, 0.29) is 5.91 Å². The van der Waals surface area contributed by atoms with Crippen LogP contribution in [0.3, 0.4) is 0 Å². The van der Waals surface area contributed by atoms with Crippen molar-refractivity contribution in [2.24, 2.45) is 0 Å². The molecule has 0 aliphatic carbocycles. The number of thioether (sulfide) groups is 1. The zero-order valence-electron chi connectivity index (χ0n) is 16.0. The molecule has 1 saturated heterocycles. The summed E-state index contributed by atoms with van der Waals surface area (Å²) in [7, 11) is 1.63. The smallest absolute Gasteiger partial charge is 0.266 e. The monoisotopic (exact) mass is 427 g/mol. The highest BCUT2D eigenvalue weighted by Crippen LogP contribution is 2.32. The van der Waals surface area contributed by atoms with Gasteiger partial charge in [0, 0.05) is 6.54 Å². The van der Waals surface area contributed by atoms with Gasteiger partial charge in [0.05, 0.1) is 12.0 Å². The zero-order chi connectivity index (χ0) is 20.6. The molecule has 2 aromatic rings. The first-order valence-electron chi connectivity index (χ1n) is 8.96. The number of carbonyl (C=O) groups is 1. The normalized spacial score (nSPS) is 14.9. The molecule has 0 radical (unpaired) electrons. The van der Waals surface area contributed by atoms with Gasteiger partial charge in [0.15, 0.2) is 0 Å². The highest BCUT2D eigenvalue weighted by molar-refractivity contribution is 8.26. The Hall–Kier alpha value is -2.77. The van der Waals surface area contributed by atoms with Crippen LogP contribution in [0.2, 0.25) is 0 Å². The summed E-state index contributed by atoms with van der Waals surface area (Å²) in [5.74, 6) is 2.20. The summed E-state index contributed by atoms with van der Waals surface area (Å²) in [6, 6.07) is 14.9. The fourth-order valence-electron chi connectivity index (χ4n) is 2.59. The van der Waals surface area contributed by atoms with Gasteiger partial charge >= 0.3 is 0 Å². The predicted molar refractivity (Wildman–Crippen MR) is 121 cm³/mol. The molecule has 5 nitrogen and oxygen atoms in total. The van der Waals surface area contributed by atoms with Crippen LogP contribution >= 0.6 is 24.0 Å². The van der Waals surface area contributed by atoms with Crippen molar-refractivity contribution in [2.45, 2.75) is 0 Å². The maximum Gasteiger partial charge on any atom is 0.266 e. The summed E-state index contributed by atoms with van der Waals surface area (Å²) < 4.78 is 17.0. The molecule has 1 amide bonds. The Morgan fingerprint density at radius 2 is 1.55 bits per heavy atom. The number of nitrogens with zero attached hydrogens (tertiary/aromatic N) is 1. The van der Waals surface area contributed by atoms with E-state index in [1.807, 2.05) is 54.6 Å². The van der Waals surface area contributed by atoms with Crippen molar-refractivity contribution >= 4 is 40.3 Å². The summed E-state index contributed by atoms with van der Waals surface area (Å²) in [5.41, 5.74) is 0.908. The van der Waals surface area contributed by atoms with Crippen LogP contribution in [0.1, 0.15) is 5.56 Å². The molecule has 1 aliphatic rings. The van der Waals surface area contributed by atoms with E-state index < -0.39 is 0 Å². The lowest BCUT2D eigenvalue weighted by Crippen LogP contribution is -2.27. The van der Waals surface area contributed by atoms with Gasteiger partial charge in [-0.1, -0.05) is 42.2 Å². The molecule has 1 fully saturated rings. The van der Waals surface area contributed by atoms with Crippen LogP contribution in [-0.4, -0.2) is 42.0 Å². The molecule has 1 heterocycles. The second-order valence-electron chi connectivity index (χ2n) is 6.02. The van der Waals surface area contributed by atoms with Gasteiger partial charge in [-0.25, -0.2) is 0 Å². The molecule has 29 heavy (non-hydrogen) atoms. The van der Waals surface area contributed by atoms with Crippen molar-refractivity contribution in [3.63, 3.8) is 0 Å². The second-order valence-corrected chi connectivity index (χ2v) is 7.70. The Morgan fingerprint density at radius 1 is 1.00 bits per heavy atom. The number of rotatable bonds is 9. The summed E-state index contributed by atoms with van der Waals surface area (Å²) in [5, 5.41) is 0. The van der Waals surface area contributed by atoms with E-state index in [2.05, 4.69) is 6.58 Å². The van der Waals surface area contributed by atoms with Gasteiger partial charge in [0.2, 0.25) is 0 Å². The van der Waals surface area contributed by atoms with Gasteiger partial charge in [-0.3, -0.25) is 9.69 Å². The molecule has 0 atom stereocenters. The van der Waals surface area contributed by atoms with Gasteiger partial charge < -0.3 is 14.2 Å². The van der Waals surface area contributed by atoms with Crippen LogP contribution in [-0.2, 0) is 4.79 Å². The molecule has 0 N–H and O–H groups in total. The van der Waals surface area contributed by atoms with Crippen LogP contribution in [0.25, 0.3) is 6.08 Å². The molecule has 0 aromatic heterocycles. The first-order valence-corrected chi connectivity index (χ1v) is 10.2. The van der Waals surface area contributed by atoms with Crippen LogP contribution in [0.4, 0.5) is 0 Å². The van der Waals surface area contributed by atoms with E-state index in [9.17, 15) is 4.79 Å².